The summed E-state index contributed by atoms with van der Waals surface area (Å²) in [7, 11) is 0. The van der Waals surface area contributed by atoms with Gasteiger partial charge in [-0.15, -0.1) is 0 Å². The Morgan fingerprint density at radius 2 is 1.16 bits per heavy atom. The molecule has 0 amide bonds. The summed E-state index contributed by atoms with van der Waals surface area (Å²) in [6, 6.07) is 41.9. The number of furan rings is 1. The lowest BCUT2D eigenvalue weighted by Crippen LogP contribution is -1.96. The maximum atomic E-state index is 6.34. The Morgan fingerprint density at radius 3 is 2.08 bits per heavy atom. The van der Waals surface area contributed by atoms with E-state index in [-0.39, 0.29) is 0 Å². The number of hydrogen-bond acceptors (Lipinski definition) is 3. The molecule has 8 rings (SSSR count). The number of fused-ring (bicyclic) bond motifs is 8. The second-order valence-corrected chi connectivity index (χ2v) is 9.39. The number of nitrogens with zero attached hydrogens (tertiary/aromatic N) is 2. The summed E-state index contributed by atoms with van der Waals surface area (Å²) in [4.78, 5) is 10.4. The van der Waals surface area contributed by atoms with Gasteiger partial charge in [0.25, 0.3) is 0 Å². The molecule has 2 aromatic heterocycles. The molecule has 0 aliphatic carbocycles. The smallest absolute Gasteiger partial charge is 0.161 e. The third-order valence-electron chi connectivity index (χ3n) is 7.28. The van der Waals surface area contributed by atoms with Gasteiger partial charge in [-0.05, 0) is 29.0 Å². The van der Waals surface area contributed by atoms with Gasteiger partial charge >= 0.3 is 0 Å². The highest BCUT2D eigenvalue weighted by atomic mass is 16.3. The topological polar surface area (TPSA) is 38.9 Å². The van der Waals surface area contributed by atoms with Crippen molar-refractivity contribution in [3.63, 3.8) is 0 Å². The summed E-state index contributed by atoms with van der Waals surface area (Å²) < 4.78 is 6.34. The highest BCUT2D eigenvalue weighted by Gasteiger charge is 2.17. The van der Waals surface area contributed by atoms with E-state index in [1.54, 1.807) is 0 Å². The summed E-state index contributed by atoms with van der Waals surface area (Å²) in [6.07, 6.45) is 0. The zero-order chi connectivity index (χ0) is 24.3. The van der Waals surface area contributed by atoms with Crippen LogP contribution in [0.3, 0.4) is 0 Å². The van der Waals surface area contributed by atoms with Gasteiger partial charge in [-0.2, -0.15) is 0 Å². The van der Waals surface area contributed by atoms with Crippen LogP contribution in [0.1, 0.15) is 0 Å². The Balaban J connectivity index is 1.48. The van der Waals surface area contributed by atoms with Crippen LogP contribution in [-0.2, 0) is 0 Å². The lowest BCUT2D eigenvalue weighted by atomic mass is 9.99. The lowest BCUT2D eigenvalue weighted by Gasteiger charge is -2.13. The SMILES string of the molecule is c1ccc(-c2nc(-c3cccc4c3ccc3c5ccccc5oc43)nc3c2ccc2ccccc23)cc1. The molecule has 0 unspecified atom stereocenters. The van der Waals surface area contributed by atoms with Crippen molar-refractivity contribution < 1.29 is 4.42 Å². The highest BCUT2D eigenvalue weighted by molar-refractivity contribution is 6.17. The molecule has 3 nitrogen and oxygen atoms in total. The Labute approximate surface area is 212 Å². The number of aromatic nitrogens is 2. The number of hydrogen-bond donors (Lipinski definition) is 0. The molecule has 0 atom stereocenters. The first-order chi connectivity index (χ1) is 18.3. The summed E-state index contributed by atoms with van der Waals surface area (Å²) >= 11 is 0. The molecule has 6 aromatic carbocycles. The van der Waals surface area contributed by atoms with E-state index in [4.69, 9.17) is 14.4 Å². The van der Waals surface area contributed by atoms with E-state index in [1.165, 1.54) is 5.39 Å². The van der Waals surface area contributed by atoms with Crippen LogP contribution >= 0.6 is 0 Å². The maximum Gasteiger partial charge on any atom is 0.161 e. The van der Waals surface area contributed by atoms with Gasteiger partial charge in [-0.3, -0.25) is 0 Å². The second kappa shape index (κ2) is 7.74. The molecule has 0 spiro atoms. The van der Waals surface area contributed by atoms with E-state index in [0.29, 0.717) is 5.82 Å². The quantitative estimate of drug-likeness (QED) is 0.235. The third-order valence-corrected chi connectivity index (χ3v) is 7.28. The van der Waals surface area contributed by atoms with Crippen LogP contribution in [-0.4, -0.2) is 9.97 Å². The molecular weight excluding hydrogens is 452 g/mol. The second-order valence-electron chi connectivity index (χ2n) is 9.39. The minimum atomic E-state index is 0.712. The van der Waals surface area contributed by atoms with Gasteiger partial charge in [0.2, 0.25) is 0 Å². The van der Waals surface area contributed by atoms with Gasteiger partial charge in [-0.1, -0.05) is 103 Å². The molecule has 3 heteroatoms. The van der Waals surface area contributed by atoms with Crippen molar-refractivity contribution in [1.82, 2.24) is 9.97 Å². The van der Waals surface area contributed by atoms with Crippen LogP contribution < -0.4 is 0 Å². The first-order valence-corrected chi connectivity index (χ1v) is 12.4. The van der Waals surface area contributed by atoms with Gasteiger partial charge in [0.05, 0.1) is 11.2 Å². The Hall–Kier alpha value is -5.02. The fourth-order valence-electron chi connectivity index (χ4n) is 5.54. The maximum absolute atomic E-state index is 6.34. The molecule has 0 aliphatic heterocycles. The largest absolute Gasteiger partial charge is 0.455 e. The average molecular weight is 473 g/mol. The van der Waals surface area contributed by atoms with Crippen molar-refractivity contribution in [2.75, 3.05) is 0 Å². The van der Waals surface area contributed by atoms with Crippen LogP contribution in [0.4, 0.5) is 0 Å². The molecule has 172 valence electrons. The summed E-state index contributed by atoms with van der Waals surface area (Å²) in [5.74, 6) is 0.712. The summed E-state index contributed by atoms with van der Waals surface area (Å²) in [6.45, 7) is 0. The van der Waals surface area contributed by atoms with Crippen LogP contribution in [0.15, 0.2) is 126 Å². The zero-order valence-electron chi connectivity index (χ0n) is 19.8. The normalized spacial score (nSPS) is 11.8. The van der Waals surface area contributed by atoms with Crippen molar-refractivity contribution >= 4 is 54.4 Å². The van der Waals surface area contributed by atoms with Crippen LogP contribution in [0.2, 0.25) is 0 Å². The fourth-order valence-corrected chi connectivity index (χ4v) is 5.54. The van der Waals surface area contributed by atoms with Crippen molar-refractivity contribution in [2.45, 2.75) is 0 Å². The Morgan fingerprint density at radius 1 is 0.459 bits per heavy atom. The predicted octanol–water partition coefficient (Wildman–Crippen LogP) is 9.17. The van der Waals surface area contributed by atoms with E-state index in [1.807, 2.05) is 18.2 Å². The first-order valence-electron chi connectivity index (χ1n) is 12.4. The van der Waals surface area contributed by atoms with Crippen LogP contribution in [0, 0.1) is 0 Å². The average Bonchev–Trinajstić information content (AvgIpc) is 3.36. The number of benzene rings is 6. The van der Waals surface area contributed by atoms with Gasteiger partial charge in [0.1, 0.15) is 11.2 Å². The van der Waals surface area contributed by atoms with Gasteiger partial charge in [-0.25, -0.2) is 9.97 Å². The Bertz CT molecular complexity index is 2140. The molecule has 37 heavy (non-hydrogen) atoms. The van der Waals surface area contributed by atoms with Crippen molar-refractivity contribution in [1.29, 1.82) is 0 Å². The van der Waals surface area contributed by atoms with E-state index in [0.717, 1.165) is 65.8 Å². The van der Waals surface area contributed by atoms with E-state index >= 15 is 0 Å². The minimum absolute atomic E-state index is 0.712. The molecule has 0 saturated heterocycles. The summed E-state index contributed by atoms with van der Waals surface area (Å²) in [5.41, 5.74) is 5.76. The van der Waals surface area contributed by atoms with E-state index in [2.05, 4.69) is 103 Å². The molecule has 0 saturated carbocycles. The standard InChI is InChI=1S/C34H20N2O/c1-2-10-22(11-3-1)31-29-18-17-21-9-4-5-12-23(21)32(29)36-34(35-31)28-15-8-14-26-24(28)19-20-27-25-13-6-7-16-30(25)37-33(26)27/h1-20H. The molecule has 0 fully saturated rings. The predicted molar refractivity (Wildman–Crippen MR) is 153 cm³/mol. The number of rotatable bonds is 2. The van der Waals surface area contributed by atoms with Crippen molar-refractivity contribution in [3.8, 4) is 22.6 Å². The molecule has 0 aliphatic rings. The highest BCUT2D eigenvalue weighted by Crippen LogP contribution is 2.39. The Kier molecular flexibility index (Phi) is 4.23. The molecule has 2 heterocycles. The first kappa shape index (κ1) is 20.2. The monoisotopic (exact) mass is 472 g/mol. The fraction of sp³-hybridized carbons (Fsp3) is 0. The van der Waals surface area contributed by atoms with Crippen LogP contribution in [0.5, 0.6) is 0 Å². The third kappa shape index (κ3) is 3.01. The van der Waals surface area contributed by atoms with Gasteiger partial charge in [0.15, 0.2) is 5.82 Å². The van der Waals surface area contributed by atoms with E-state index < -0.39 is 0 Å². The van der Waals surface area contributed by atoms with Crippen molar-refractivity contribution in [3.05, 3.63) is 121 Å². The molecule has 8 aromatic rings. The molecular formula is C34H20N2O. The van der Waals surface area contributed by atoms with Crippen LogP contribution in [0.25, 0.3) is 77.0 Å². The van der Waals surface area contributed by atoms with Gasteiger partial charge < -0.3 is 4.42 Å². The van der Waals surface area contributed by atoms with E-state index in [9.17, 15) is 0 Å². The number of para-hydroxylation sites is 1. The summed E-state index contributed by atoms with van der Waals surface area (Å²) in [5, 5.41) is 7.73. The molecule has 0 bridgehead atoms. The lowest BCUT2D eigenvalue weighted by molar-refractivity contribution is 0.672. The molecule has 0 N–H and O–H groups in total. The van der Waals surface area contributed by atoms with Crippen molar-refractivity contribution in [2.24, 2.45) is 0 Å². The zero-order valence-corrected chi connectivity index (χ0v) is 19.8. The molecule has 0 radical (unpaired) electrons. The minimum Gasteiger partial charge on any atom is -0.455 e. The van der Waals surface area contributed by atoms with Gasteiger partial charge in [0, 0.05) is 38.1 Å².